The summed E-state index contributed by atoms with van der Waals surface area (Å²) in [5.41, 5.74) is 2.05. The van der Waals surface area contributed by atoms with Crippen LogP contribution in [0, 0.1) is 5.82 Å². The summed E-state index contributed by atoms with van der Waals surface area (Å²) in [5, 5.41) is 2.76. The Morgan fingerprint density at radius 3 is 2.53 bits per heavy atom. The fourth-order valence-electron chi connectivity index (χ4n) is 3.67. The lowest BCUT2D eigenvalue weighted by atomic mass is 10.1. The van der Waals surface area contributed by atoms with Crippen LogP contribution in [0.1, 0.15) is 19.1 Å². The van der Waals surface area contributed by atoms with Gasteiger partial charge in [-0.1, -0.05) is 12.1 Å². The van der Waals surface area contributed by atoms with Crippen molar-refractivity contribution in [2.75, 3.05) is 36.5 Å². The Balaban J connectivity index is 1.23. The van der Waals surface area contributed by atoms with E-state index in [0.29, 0.717) is 36.0 Å². The quantitative estimate of drug-likeness (QED) is 0.495. The topological polar surface area (TPSA) is 81.0 Å². The van der Waals surface area contributed by atoms with Crippen molar-refractivity contribution in [1.29, 1.82) is 0 Å². The molecule has 1 saturated heterocycles. The van der Waals surface area contributed by atoms with E-state index in [4.69, 9.17) is 13.9 Å². The van der Waals surface area contributed by atoms with Crippen molar-refractivity contribution in [3.63, 3.8) is 0 Å². The Morgan fingerprint density at radius 2 is 1.79 bits per heavy atom. The minimum absolute atomic E-state index is 0.0378. The first-order chi connectivity index (χ1) is 16.5. The van der Waals surface area contributed by atoms with E-state index in [1.54, 1.807) is 30.3 Å². The van der Waals surface area contributed by atoms with Crippen LogP contribution in [0.15, 0.2) is 65.1 Å². The van der Waals surface area contributed by atoms with Crippen LogP contribution in [0.2, 0.25) is 0 Å². The molecule has 7 nitrogen and oxygen atoms in total. The minimum Gasteiger partial charge on any atom is -0.461 e. The van der Waals surface area contributed by atoms with Crippen molar-refractivity contribution in [2.24, 2.45) is 0 Å². The zero-order chi connectivity index (χ0) is 23.9. The summed E-state index contributed by atoms with van der Waals surface area (Å²) in [6.45, 7) is 4.60. The molecule has 2 aromatic carbocycles. The predicted octanol–water partition coefficient (Wildman–Crippen LogP) is 4.43. The Labute approximate surface area is 197 Å². The number of morpholine rings is 1. The highest BCUT2D eigenvalue weighted by molar-refractivity contribution is 5.95. The van der Waals surface area contributed by atoms with Crippen LogP contribution in [0.4, 0.5) is 15.8 Å². The molecule has 1 aliphatic rings. The normalized spacial score (nSPS) is 14.5. The Hall–Kier alpha value is -3.65. The van der Waals surface area contributed by atoms with Crippen molar-refractivity contribution in [3.05, 3.63) is 72.2 Å². The first-order valence-electron chi connectivity index (χ1n) is 11.3. The average molecular weight is 467 g/mol. The van der Waals surface area contributed by atoms with Gasteiger partial charge in [0.1, 0.15) is 17.3 Å². The lowest BCUT2D eigenvalue weighted by Gasteiger charge is -2.28. The summed E-state index contributed by atoms with van der Waals surface area (Å²) in [6.07, 6.45) is -0.627. The molecular formula is C26H27FN2O5. The molecule has 4 rings (SSSR count). The number of aryl methyl sites for hydroxylation is 1. The molecule has 178 valence electrons. The smallest absolute Gasteiger partial charge is 0.307 e. The zero-order valence-corrected chi connectivity index (χ0v) is 19.0. The van der Waals surface area contributed by atoms with Crippen molar-refractivity contribution in [3.8, 4) is 11.3 Å². The number of hydrogen-bond donors (Lipinski definition) is 1. The van der Waals surface area contributed by atoms with Gasteiger partial charge in [-0.3, -0.25) is 9.59 Å². The third kappa shape index (κ3) is 6.02. The van der Waals surface area contributed by atoms with Gasteiger partial charge in [-0.15, -0.1) is 0 Å². The standard InChI is InChI=1S/C26H27FN2O5/c1-18(26(31)28-19-6-8-20(9-7-19)29-14-16-32-17-15-29)33-25(30)13-11-21-10-12-24(34-21)22-4-2-3-5-23(22)27/h2-10,12,18H,11,13-17H2,1H3,(H,28,31). The van der Waals surface area contributed by atoms with Gasteiger partial charge in [0.15, 0.2) is 6.10 Å². The molecule has 0 radical (unpaired) electrons. The summed E-state index contributed by atoms with van der Waals surface area (Å²) in [4.78, 5) is 26.9. The molecule has 1 N–H and O–H groups in total. The van der Waals surface area contributed by atoms with E-state index in [1.165, 1.54) is 13.0 Å². The van der Waals surface area contributed by atoms with Crippen molar-refractivity contribution >= 4 is 23.3 Å². The highest BCUT2D eigenvalue weighted by atomic mass is 19.1. The van der Waals surface area contributed by atoms with Gasteiger partial charge in [0.25, 0.3) is 5.91 Å². The van der Waals surface area contributed by atoms with E-state index in [-0.39, 0.29) is 18.7 Å². The SMILES string of the molecule is CC(OC(=O)CCc1ccc(-c2ccccc2F)o1)C(=O)Nc1ccc(N2CCOCC2)cc1. The van der Waals surface area contributed by atoms with Gasteiger partial charge >= 0.3 is 5.97 Å². The number of anilines is 2. The van der Waals surface area contributed by atoms with Gasteiger partial charge < -0.3 is 24.1 Å². The maximum Gasteiger partial charge on any atom is 0.307 e. The number of nitrogens with zero attached hydrogens (tertiary/aromatic N) is 1. The number of carbonyl (C=O) groups is 2. The van der Waals surface area contributed by atoms with Gasteiger partial charge in [0, 0.05) is 30.9 Å². The molecule has 0 saturated carbocycles. The number of benzene rings is 2. The zero-order valence-electron chi connectivity index (χ0n) is 19.0. The Kier molecular flexibility index (Phi) is 7.59. The molecule has 34 heavy (non-hydrogen) atoms. The number of esters is 1. The fraction of sp³-hybridized carbons (Fsp3) is 0.308. The number of carbonyl (C=O) groups excluding carboxylic acids is 2. The second-order valence-electron chi connectivity index (χ2n) is 8.01. The number of nitrogens with one attached hydrogen (secondary N) is 1. The van der Waals surface area contributed by atoms with E-state index in [2.05, 4.69) is 10.2 Å². The second kappa shape index (κ2) is 11.0. The largest absolute Gasteiger partial charge is 0.461 e. The van der Waals surface area contributed by atoms with Crippen molar-refractivity contribution in [2.45, 2.75) is 25.9 Å². The summed E-state index contributed by atoms with van der Waals surface area (Å²) in [6, 6.07) is 17.2. The third-order valence-corrected chi connectivity index (χ3v) is 5.57. The molecule has 1 atom stereocenters. The Bertz CT molecular complexity index is 1120. The molecule has 1 amide bonds. The lowest BCUT2D eigenvalue weighted by molar-refractivity contribution is -0.153. The monoisotopic (exact) mass is 466 g/mol. The van der Waals surface area contributed by atoms with Crippen LogP contribution in [-0.4, -0.2) is 44.3 Å². The summed E-state index contributed by atoms with van der Waals surface area (Å²) in [5.74, 6) is -0.374. The molecule has 1 fully saturated rings. The number of ether oxygens (including phenoxy) is 2. The first-order valence-corrected chi connectivity index (χ1v) is 11.3. The van der Waals surface area contributed by atoms with E-state index in [0.717, 1.165) is 18.8 Å². The van der Waals surface area contributed by atoms with E-state index in [1.807, 2.05) is 24.3 Å². The van der Waals surface area contributed by atoms with Crippen molar-refractivity contribution < 1.29 is 27.9 Å². The molecule has 0 aliphatic carbocycles. The second-order valence-corrected chi connectivity index (χ2v) is 8.01. The fourth-order valence-corrected chi connectivity index (χ4v) is 3.67. The van der Waals surface area contributed by atoms with Crippen LogP contribution < -0.4 is 10.2 Å². The molecule has 8 heteroatoms. The number of halogens is 1. The predicted molar refractivity (Wildman–Crippen MR) is 126 cm³/mol. The molecule has 3 aromatic rings. The molecule has 1 unspecified atom stereocenters. The highest BCUT2D eigenvalue weighted by Gasteiger charge is 2.19. The van der Waals surface area contributed by atoms with Crippen LogP contribution in [0.25, 0.3) is 11.3 Å². The average Bonchev–Trinajstić information content (AvgIpc) is 3.33. The Morgan fingerprint density at radius 1 is 1.06 bits per heavy atom. The first kappa shape index (κ1) is 23.5. The van der Waals surface area contributed by atoms with Crippen LogP contribution in [-0.2, 0) is 25.5 Å². The molecule has 0 spiro atoms. The lowest BCUT2D eigenvalue weighted by Crippen LogP contribution is -2.36. The molecular weight excluding hydrogens is 439 g/mol. The van der Waals surface area contributed by atoms with Crippen LogP contribution >= 0.6 is 0 Å². The van der Waals surface area contributed by atoms with Gasteiger partial charge in [-0.2, -0.15) is 0 Å². The summed E-state index contributed by atoms with van der Waals surface area (Å²) in [7, 11) is 0. The van der Waals surface area contributed by atoms with Gasteiger partial charge in [0.2, 0.25) is 0 Å². The number of furan rings is 1. The van der Waals surface area contributed by atoms with E-state index >= 15 is 0 Å². The number of amides is 1. The molecule has 0 bridgehead atoms. The maximum absolute atomic E-state index is 13.9. The number of rotatable bonds is 8. The van der Waals surface area contributed by atoms with Crippen LogP contribution in [0.3, 0.4) is 0 Å². The molecule has 1 aliphatic heterocycles. The maximum atomic E-state index is 13.9. The summed E-state index contributed by atoms with van der Waals surface area (Å²) < 4.78 is 30.2. The number of hydrogen-bond acceptors (Lipinski definition) is 6. The van der Waals surface area contributed by atoms with E-state index < -0.39 is 18.0 Å². The molecule has 1 aromatic heterocycles. The summed E-state index contributed by atoms with van der Waals surface area (Å²) >= 11 is 0. The molecule has 2 heterocycles. The van der Waals surface area contributed by atoms with Crippen LogP contribution in [0.5, 0.6) is 0 Å². The minimum atomic E-state index is -0.947. The third-order valence-electron chi connectivity index (χ3n) is 5.57. The van der Waals surface area contributed by atoms with Crippen molar-refractivity contribution in [1.82, 2.24) is 0 Å². The van der Waals surface area contributed by atoms with E-state index in [9.17, 15) is 14.0 Å². The van der Waals surface area contributed by atoms with Gasteiger partial charge in [-0.05, 0) is 55.5 Å². The van der Waals surface area contributed by atoms with Gasteiger partial charge in [-0.25, -0.2) is 4.39 Å². The highest BCUT2D eigenvalue weighted by Crippen LogP contribution is 2.25. The van der Waals surface area contributed by atoms with Gasteiger partial charge in [0.05, 0.1) is 25.2 Å².